The first-order valence-corrected chi connectivity index (χ1v) is 19.5. The molecule has 0 unspecified atom stereocenters. The van der Waals surface area contributed by atoms with Gasteiger partial charge in [0.2, 0.25) is 0 Å². The molecule has 11 rings (SSSR count). The molecule has 262 valence electrons. The second-order valence-corrected chi connectivity index (χ2v) is 15.1. The lowest BCUT2D eigenvalue weighted by Crippen LogP contribution is -2.00. The highest BCUT2D eigenvalue weighted by Crippen LogP contribution is 2.42. The first-order chi connectivity index (χ1) is 27.7. The van der Waals surface area contributed by atoms with Gasteiger partial charge in [-0.25, -0.2) is 15.0 Å². The number of hydrogen-bond donors (Lipinski definition) is 0. The Hall–Kier alpha value is -7.21. The summed E-state index contributed by atoms with van der Waals surface area (Å²) in [4.78, 5) is 15.6. The molecular formula is C51H31N3OS. The van der Waals surface area contributed by atoms with Crippen LogP contribution in [0, 0.1) is 0 Å². The number of benzene rings is 8. The largest absolute Gasteiger partial charge is 0.456 e. The monoisotopic (exact) mass is 733 g/mol. The molecule has 3 aromatic heterocycles. The second kappa shape index (κ2) is 13.3. The van der Waals surface area contributed by atoms with E-state index in [4.69, 9.17) is 19.4 Å². The maximum Gasteiger partial charge on any atom is 0.164 e. The van der Waals surface area contributed by atoms with Gasteiger partial charge in [0, 0.05) is 47.6 Å². The van der Waals surface area contributed by atoms with Crippen molar-refractivity contribution in [2.24, 2.45) is 0 Å². The van der Waals surface area contributed by atoms with Gasteiger partial charge in [-0.05, 0) is 75.8 Å². The zero-order chi connectivity index (χ0) is 37.0. The van der Waals surface area contributed by atoms with Gasteiger partial charge >= 0.3 is 0 Å². The molecule has 0 radical (unpaired) electrons. The highest BCUT2D eigenvalue weighted by Gasteiger charge is 2.20. The Morgan fingerprint density at radius 1 is 0.321 bits per heavy atom. The van der Waals surface area contributed by atoms with Crippen LogP contribution in [0.1, 0.15) is 0 Å². The Labute approximate surface area is 327 Å². The Morgan fingerprint density at radius 3 is 1.55 bits per heavy atom. The summed E-state index contributed by atoms with van der Waals surface area (Å²) in [5, 5.41) is 4.36. The Bertz CT molecular complexity index is 3260. The quantitative estimate of drug-likeness (QED) is 0.171. The molecule has 0 amide bonds. The molecule has 56 heavy (non-hydrogen) atoms. The average Bonchev–Trinajstić information content (AvgIpc) is 3.85. The molecule has 0 spiro atoms. The van der Waals surface area contributed by atoms with Crippen LogP contribution in [0.3, 0.4) is 0 Å². The number of nitrogens with zero attached hydrogens (tertiary/aromatic N) is 3. The first kappa shape index (κ1) is 32.2. The van der Waals surface area contributed by atoms with Crippen LogP contribution >= 0.6 is 11.3 Å². The maximum absolute atomic E-state index is 6.27. The summed E-state index contributed by atoms with van der Waals surface area (Å²) in [6, 6.07) is 65.8. The molecule has 0 aliphatic heterocycles. The lowest BCUT2D eigenvalue weighted by molar-refractivity contribution is 0.669. The third-order valence-corrected chi connectivity index (χ3v) is 11.7. The molecule has 0 aliphatic carbocycles. The van der Waals surface area contributed by atoms with Crippen molar-refractivity contribution < 1.29 is 4.42 Å². The van der Waals surface area contributed by atoms with Gasteiger partial charge in [0.15, 0.2) is 17.5 Å². The summed E-state index contributed by atoms with van der Waals surface area (Å²) >= 11 is 1.80. The van der Waals surface area contributed by atoms with Crippen LogP contribution in [-0.4, -0.2) is 15.0 Å². The molecule has 0 bridgehead atoms. The van der Waals surface area contributed by atoms with Gasteiger partial charge in [-0.2, -0.15) is 0 Å². The number of furan rings is 1. The highest BCUT2D eigenvalue weighted by molar-refractivity contribution is 7.26. The van der Waals surface area contributed by atoms with E-state index in [1.54, 1.807) is 11.3 Å². The fraction of sp³-hybridized carbons (Fsp3) is 0. The second-order valence-electron chi connectivity index (χ2n) is 14.0. The van der Waals surface area contributed by atoms with E-state index in [9.17, 15) is 0 Å². The van der Waals surface area contributed by atoms with Gasteiger partial charge in [-0.15, -0.1) is 11.3 Å². The molecule has 0 saturated carbocycles. The van der Waals surface area contributed by atoms with E-state index >= 15 is 0 Å². The molecule has 11 aromatic rings. The van der Waals surface area contributed by atoms with E-state index in [2.05, 4.69) is 140 Å². The zero-order valence-electron chi connectivity index (χ0n) is 30.1. The summed E-state index contributed by atoms with van der Waals surface area (Å²) in [5.41, 5.74) is 11.6. The van der Waals surface area contributed by atoms with Crippen molar-refractivity contribution in [2.75, 3.05) is 0 Å². The van der Waals surface area contributed by atoms with Crippen LogP contribution in [0.25, 0.3) is 110 Å². The number of fused-ring (bicyclic) bond motifs is 6. The van der Waals surface area contributed by atoms with Crippen LogP contribution in [0.5, 0.6) is 0 Å². The van der Waals surface area contributed by atoms with Gasteiger partial charge in [-0.3, -0.25) is 0 Å². The average molecular weight is 734 g/mol. The molecule has 3 heterocycles. The highest BCUT2D eigenvalue weighted by atomic mass is 32.1. The smallest absolute Gasteiger partial charge is 0.164 e. The van der Waals surface area contributed by atoms with Crippen molar-refractivity contribution in [1.29, 1.82) is 0 Å². The molecule has 0 N–H and O–H groups in total. The van der Waals surface area contributed by atoms with Gasteiger partial charge in [-0.1, -0.05) is 146 Å². The van der Waals surface area contributed by atoms with Crippen molar-refractivity contribution in [1.82, 2.24) is 15.0 Å². The fourth-order valence-corrected chi connectivity index (χ4v) is 8.99. The molecule has 0 aliphatic rings. The zero-order valence-corrected chi connectivity index (χ0v) is 30.9. The molecule has 4 nitrogen and oxygen atoms in total. The van der Waals surface area contributed by atoms with E-state index in [1.807, 2.05) is 48.5 Å². The molecule has 0 fully saturated rings. The minimum Gasteiger partial charge on any atom is -0.456 e. The van der Waals surface area contributed by atoms with E-state index < -0.39 is 0 Å². The van der Waals surface area contributed by atoms with Crippen molar-refractivity contribution in [3.05, 3.63) is 188 Å². The number of hydrogen-bond acceptors (Lipinski definition) is 5. The summed E-state index contributed by atoms with van der Waals surface area (Å²) in [7, 11) is 0. The summed E-state index contributed by atoms with van der Waals surface area (Å²) in [6.07, 6.45) is 0. The van der Waals surface area contributed by atoms with Crippen molar-refractivity contribution in [3.63, 3.8) is 0 Å². The minimum absolute atomic E-state index is 0.608. The van der Waals surface area contributed by atoms with Gasteiger partial charge in [0.25, 0.3) is 0 Å². The summed E-state index contributed by atoms with van der Waals surface area (Å²) < 4.78 is 8.68. The normalized spacial score (nSPS) is 11.6. The Kier molecular flexibility index (Phi) is 7.64. The van der Waals surface area contributed by atoms with Gasteiger partial charge in [0.05, 0.1) is 0 Å². The number of thiophene rings is 1. The molecular weight excluding hydrogens is 703 g/mol. The van der Waals surface area contributed by atoms with E-state index in [0.717, 1.165) is 49.6 Å². The van der Waals surface area contributed by atoms with Crippen molar-refractivity contribution in [2.45, 2.75) is 0 Å². The van der Waals surface area contributed by atoms with Crippen LogP contribution in [0.15, 0.2) is 192 Å². The third kappa shape index (κ3) is 5.56. The van der Waals surface area contributed by atoms with Gasteiger partial charge < -0.3 is 4.42 Å². The summed E-state index contributed by atoms with van der Waals surface area (Å²) in [6.45, 7) is 0. The van der Waals surface area contributed by atoms with Crippen LogP contribution in [-0.2, 0) is 0 Å². The Morgan fingerprint density at radius 2 is 0.839 bits per heavy atom. The van der Waals surface area contributed by atoms with Crippen molar-refractivity contribution in [3.8, 4) is 67.5 Å². The molecule has 8 aromatic carbocycles. The molecule has 5 heteroatoms. The fourth-order valence-electron chi connectivity index (χ4n) is 7.87. The van der Waals surface area contributed by atoms with E-state index in [1.165, 1.54) is 42.6 Å². The SMILES string of the molecule is c1ccc(-c2cccc(-c3cccc(-c4ccc5sc6cccc(-c7nc(-c8ccccc8)nc(-c8cccc9oc%10ccccc%10c89)n7)c6c5c4)c3)c2)cc1. The lowest BCUT2D eigenvalue weighted by atomic mass is 9.95. The van der Waals surface area contributed by atoms with Crippen LogP contribution < -0.4 is 0 Å². The van der Waals surface area contributed by atoms with Gasteiger partial charge in [0.1, 0.15) is 11.2 Å². The molecule has 0 saturated heterocycles. The topological polar surface area (TPSA) is 51.8 Å². The minimum atomic E-state index is 0.608. The first-order valence-electron chi connectivity index (χ1n) is 18.7. The van der Waals surface area contributed by atoms with E-state index in [-0.39, 0.29) is 0 Å². The maximum atomic E-state index is 6.27. The third-order valence-electron chi connectivity index (χ3n) is 10.5. The van der Waals surface area contributed by atoms with Crippen LogP contribution in [0.4, 0.5) is 0 Å². The van der Waals surface area contributed by atoms with E-state index in [0.29, 0.717) is 17.5 Å². The molecule has 0 atom stereocenters. The number of para-hydroxylation sites is 1. The number of rotatable bonds is 6. The summed E-state index contributed by atoms with van der Waals surface area (Å²) in [5.74, 6) is 1.87. The number of aromatic nitrogens is 3. The standard InChI is InChI=1S/C51H31N3OS/c1-3-13-32(14-4-1)34-17-9-18-35(29-34)36-19-10-20-37(30-36)38-27-28-45-42(31-38)48-41(23-12-26-46(48)56-45)51-53-49(33-15-5-2-6-16-33)52-50(54-51)40-22-11-25-44-47(40)39-21-7-8-24-43(39)55-44/h1-31H. The predicted octanol–water partition coefficient (Wildman–Crippen LogP) is 14.1. The van der Waals surface area contributed by atoms with Crippen LogP contribution in [0.2, 0.25) is 0 Å². The van der Waals surface area contributed by atoms with Crippen molar-refractivity contribution >= 4 is 53.4 Å². The Balaban J connectivity index is 1.07. The lowest BCUT2D eigenvalue weighted by Gasteiger charge is -2.11. The predicted molar refractivity (Wildman–Crippen MR) is 233 cm³/mol.